The number of carbonyl (C=O) groups is 2. The van der Waals surface area contributed by atoms with Gasteiger partial charge in [-0.2, -0.15) is 0 Å². The van der Waals surface area contributed by atoms with E-state index in [4.69, 9.17) is 16.3 Å². The first-order valence-corrected chi connectivity index (χ1v) is 9.48. The fourth-order valence-electron chi connectivity index (χ4n) is 1.74. The Morgan fingerprint density at radius 2 is 2.04 bits per heavy atom. The van der Waals surface area contributed by atoms with Crippen molar-refractivity contribution in [2.24, 2.45) is 0 Å². The van der Waals surface area contributed by atoms with Gasteiger partial charge >= 0.3 is 5.97 Å². The highest BCUT2D eigenvalue weighted by molar-refractivity contribution is 7.89. The predicted octanol–water partition coefficient (Wildman–Crippen LogP) is 1.93. The third kappa shape index (κ3) is 7.76. The first-order valence-electron chi connectivity index (χ1n) is 7.45. The van der Waals surface area contributed by atoms with Crippen molar-refractivity contribution in [3.8, 4) is 0 Å². The quantitative estimate of drug-likeness (QED) is 0.641. The highest BCUT2D eigenvalue weighted by atomic mass is 35.5. The second kappa shape index (κ2) is 9.61. The fourth-order valence-corrected chi connectivity index (χ4v) is 3.35. The van der Waals surface area contributed by atoms with Gasteiger partial charge in [0.05, 0.1) is 5.75 Å². The van der Waals surface area contributed by atoms with Crippen molar-refractivity contribution in [2.75, 3.05) is 17.7 Å². The summed E-state index contributed by atoms with van der Waals surface area (Å²) in [6.45, 7) is 2.71. The molecule has 1 amide bonds. The van der Waals surface area contributed by atoms with E-state index in [-0.39, 0.29) is 5.75 Å². The van der Waals surface area contributed by atoms with E-state index in [1.165, 1.54) is 6.92 Å². The van der Waals surface area contributed by atoms with Gasteiger partial charge < -0.3 is 10.1 Å². The summed E-state index contributed by atoms with van der Waals surface area (Å²) >= 11 is 5.79. The summed E-state index contributed by atoms with van der Waals surface area (Å²) in [5.41, 5.74) is 0.469. The van der Waals surface area contributed by atoms with E-state index < -0.39 is 34.5 Å². The molecule has 134 valence electrons. The molecule has 0 fully saturated rings. The molecule has 1 aromatic carbocycles. The summed E-state index contributed by atoms with van der Waals surface area (Å²) in [5, 5.41) is 2.97. The van der Waals surface area contributed by atoms with Gasteiger partial charge in [-0.25, -0.2) is 13.1 Å². The van der Waals surface area contributed by atoms with Crippen LogP contribution in [0.1, 0.15) is 26.7 Å². The summed E-state index contributed by atoms with van der Waals surface area (Å²) in [5.74, 6) is -1.43. The maximum absolute atomic E-state index is 11.8. The molecule has 0 bridgehead atoms. The second-order valence-corrected chi connectivity index (χ2v) is 7.49. The Labute approximate surface area is 146 Å². The first-order chi connectivity index (χ1) is 11.2. The molecule has 9 heteroatoms. The van der Waals surface area contributed by atoms with Gasteiger partial charge in [-0.1, -0.05) is 31.0 Å². The van der Waals surface area contributed by atoms with Crippen LogP contribution < -0.4 is 10.0 Å². The maximum Gasteiger partial charge on any atom is 0.324 e. The number of hydrogen-bond acceptors (Lipinski definition) is 5. The molecule has 1 aromatic rings. The molecule has 0 aliphatic heterocycles. The zero-order chi connectivity index (χ0) is 18.2. The molecule has 0 spiro atoms. The van der Waals surface area contributed by atoms with Crippen molar-refractivity contribution in [1.29, 1.82) is 0 Å². The number of carbonyl (C=O) groups excluding carboxylic acids is 2. The van der Waals surface area contributed by atoms with E-state index in [0.29, 0.717) is 17.1 Å². The van der Waals surface area contributed by atoms with E-state index in [9.17, 15) is 18.0 Å². The van der Waals surface area contributed by atoms with Gasteiger partial charge in [0, 0.05) is 10.7 Å². The van der Waals surface area contributed by atoms with Crippen LogP contribution in [0, 0.1) is 0 Å². The Morgan fingerprint density at radius 1 is 1.33 bits per heavy atom. The lowest BCUT2D eigenvalue weighted by molar-refractivity contribution is -0.148. The van der Waals surface area contributed by atoms with Crippen LogP contribution in [0.15, 0.2) is 24.3 Å². The van der Waals surface area contributed by atoms with Crippen LogP contribution in [0.2, 0.25) is 5.02 Å². The molecule has 0 unspecified atom stereocenters. The van der Waals surface area contributed by atoms with Crippen molar-refractivity contribution in [3.05, 3.63) is 29.3 Å². The SMILES string of the molecule is CCCCS(=O)(=O)N[C@@H](C)C(=O)OCC(=O)Nc1cccc(Cl)c1. The summed E-state index contributed by atoms with van der Waals surface area (Å²) < 4.78 is 30.4. The maximum atomic E-state index is 11.8. The normalized spacial score (nSPS) is 12.5. The number of esters is 1. The van der Waals surface area contributed by atoms with E-state index in [2.05, 4.69) is 10.0 Å². The zero-order valence-corrected chi connectivity index (χ0v) is 15.1. The second-order valence-electron chi connectivity index (χ2n) is 5.18. The Balaban J connectivity index is 2.43. The van der Waals surface area contributed by atoms with Crippen LogP contribution >= 0.6 is 11.6 Å². The molecule has 0 radical (unpaired) electrons. The number of nitrogens with one attached hydrogen (secondary N) is 2. The number of benzene rings is 1. The van der Waals surface area contributed by atoms with Crippen LogP contribution in [-0.2, 0) is 24.3 Å². The van der Waals surface area contributed by atoms with Crippen LogP contribution in [0.4, 0.5) is 5.69 Å². The number of halogens is 1. The molecule has 0 aliphatic rings. The summed E-state index contributed by atoms with van der Waals surface area (Å²) in [6.07, 6.45) is 1.22. The van der Waals surface area contributed by atoms with E-state index in [1.807, 2.05) is 6.92 Å². The standard InChI is InChI=1S/C15H21ClN2O5S/c1-3-4-8-24(21,22)18-11(2)15(20)23-10-14(19)17-13-7-5-6-12(16)9-13/h5-7,9,11,18H,3-4,8,10H2,1-2H3,(H,17,19)/t11-/m0/s1. The number of hydrogen-bond donors (Lipinski definition) is 2. The van der Waals surface area contributed by atoms with Gasteiger partial charge in [-0.05, 0) is 31.5 Å². The zero-order valence-electron chi connectivity index (χ0n) is 13.5. The lowest BCUT2D eigenvalue weighted by Gasteiger charge is -2.13. The van der Waals surface area contributed by atoms with Crippen LogP contribution in [-0.4, -0.2) is 38.7 Å². The average molecular weight is 377 g/mol. The van der Waals surface area contributed by atoms with Crippen molar-refractivity contribution in [3.63, 3.8) is 0 Å². The van der Waals surface area contributed by atoms with Crippen LogP contribution in [0.5, 0.6) is 0 Å². The lowest BCUT2D eigenvalue weighted by Crippen LogP contribution is -2.41. The molecule has 0 aromatic heterocycles. The molecule has 0 aliphatic carbocycles. The summed E-state index contributed by atoms with van der Waals surface area (Å²) in [4.78, 5) is 23.5. The molecule has 0 saturated carbocycles. The highest BCUT2D eigenvalue weighted by Crippen LogP contribution is 2.14. The number of sulfonamides is 1. The third-order valence-corrected chi connectivity index (χ3v) is 4.70. The summed E-state index contributed by atoms with van der Waals surface area (Å²) in [7, 11) is -3.55. The fraction of sp³-hybridized carbons (Fsp3) is 0.467. The number of rotatable bonds is 9. The molecule has 1 rings (SSSR count). The number of amides is 1. The Morgan fingerprint density at radius 3 is 2.67 bits per heavy atom. The molecule has 1 atom stereocenters. The largest absolute Gasteiger partial charge is 0.454 e. The minimum atomic E-state index is -3.55. The molecule has 24 heavy (non-hydrogen) atoms. The van der Waals surface area contributed by atoms with Crippen LogP contribution in [0.3, 0.4) is 0 Å². The van der Waals surface area contributed by atoms with Gasteiger partial charge in [-0.15, -0.1) is 0 Å². The molecule has 0 heterocycles. The van der Waals surface area contributed by atoms with E-state index in [0.717, 1.165) is 6.42 Å². The molecular weight excluding hydrogens is 356 g/mol. The lowest BCUT2D eigenvalue weighted by atomic mass is 10.3. The van der Waals surface area contributed by atoms with Crippen molar-refractivity contribution in [1.82, 2.24) is 4.72 Å². The van der Waals surface area contributed by atoms with E-state index >= 15 is 0 Å². The third-order valence-electron chi connectivity index (χ3n) is 2.93. The molecule has 0 saturated heterocycles. The molecule has 7 nitrogen and oxygen atoms in total. The number of ether oxygens (including phenoxy) is 1. The van der Waals surface area contributed by atoms with Crippen LogP contribution in [0.25, 0.3) is 0 Å². The Kier molecular flexibility index (Phi) is 8.17. The number of anilines is 1. The Bertz CT molecular complexity index is 678. The number of unbranched alkanes of at least 4 members (excludes halogenated alkanes) is 1. The van der Waals surface area contributed by atoms with Gasteiger partial charge in [0.25, 0.3) is 5.91 Å². The van der Waals surface area contributed by atoms with Crippen molar-refractivity contribution in [2.45, 2.75) is 32.7 Å². The minimum absolute atomic E-state index is 0.0592. The van der Waals surface area contributed by atoms with Gasteiger partial charge in [0.15, 0.2) is 6.61 Å². The minimum Gasteiger partial charge on any atom is -0.454 e. The van der Waals surface area contributed by atoms with Gasteiger partial charge in [0.1, 0.15) is 6.04 Å². The molecular formula is C15H21ClN2O5S. The smallest absolute Gasteiger partial charge is 0.324 e. The summed E-state index contributed by atoms with van der Waals surface area (Å²) in [6, 6.07) is 5.44. The monoisotopic (exact) mass is 376 g/mol. The van der Waals surface area contributed by atoms with E-state index in [1.54, 1.807) is 24.3 Å². The van der Waals surface area contributed by atoms with Crippen molar-refractivity contribution >= 4 is 39.2 Å². The average Bonchev–Trinajstić information content (AvgIpc) is 2.50. The predicted molar refractivity (Wildman–Crippen MR) is 92.3 cm³/mol. The molecule has 2 N–H and O–H groups in total. The topological polar surface area (TPSA) is 102 Å². The highest BCUT2D eigenvalue weighted by Gasteiger charge is 2.21. The Hall–Kier alpha value is -1.64. The van der Waals surface area contributed by atoms with Gasteiger partial charge in [-0.3, -0.25) is 9.59 Å². The van der Waals surface area contributed by atoms with Gasteiger partial charge in [0.2, 0.25) is 10.0 Å². The first kappa shape index (κ1) is 20.4. The van der Waals surface area contributed by atoms with Crippen molar-refractivity contribution < 1.29 is 22.7 Å².